The Hall–Kier alpha value is -1.87. The van der Waals surface area contributed by atoms with E-state index in [1.807, 2.05) is 0 Å². The number of amides is 1. The van der Waals surface area contributed by atoms with E-state index in [-0.39, 0.29) is 5.91 Å². The molecule has 28 heavy (non-hydrogen) atoms. The van der Waals surface area contributed by atoms with Gasteiger partial charge in [0.15, 0.2) is 0 Å². The highest BCUT2D eigenvalue weighted by Gasteiger charge is 2.15. The molecule has 0 aliphatic rings. The van der Waals surface area contributed by atoms with E-state index in [1.54, 1.807) is 0 Å². The highest BCUT2D eigenvalue weighted by molar-refractivity contribution is 5.90. The Balaban J connectivity index is 1.95. The van der Waals surface area contributed by atoms with Crippen molar-refractivity contribution >= 4 is 16.7 Å². The summed E-state index contributed by atoms with van der Waals surface area (Å²) in [6.45, 7) is 4.77. The molecule has 0 heterocycles. The number of nitrogens with two attached hydrogens (primary N) is 1. The molecule has 3 heteroatoms. The van der Waals surface area contributed by atoms with Gasteiger partial charge in [-0.2, -0.15) is 0 Å². The zero-order valence-corrected chi connectivity index (χ0v) is 17.7. The normalized spacial score (nSPS) is 11.1. The lowest BCUT2D eigenvalue weighted by Gasteiger charge is -2.23. The molecule has 0 aliphatic heterocycles. The van der Waals surface area contributed by atoms with Gasteiger partial charge in [0.25, 0.3) is 0 Å². The second-order valence-corrected chi connectivity index (χ2v) is 7.81. The lowest BCUT2D eigenvalue weighted by atomic mass is 10.0. The van der Waals surface area contributed by atoms with E-state index in [1.165, 1.54) is 42.9 Å². The molecule has 2 aromatic carbocycles. The van der Waals surface area contributed by atoms with Gasteiger partial charge in [-0.25, -0.2) is 0 Å². The first kappa shape index (κ1) is 22.4. The molecule has 0 aromatic heterocycles. The Morgan fingerprint density at radius 3 is 2.18 bits per heavy atom. The fraction of sp³-hybridized carbons (Fsp3) is 0.560. The molecule has 0 radical (unpaired) electrons. The molecule has 1 amide bonds. The quantitative estimate of drug-likeness (QED) is 0.426. The van der Waals surface area contributed by atoms with Gasteiger partial charge in [-0.1, -0.05) is 87.9 Å². The maximum atomic E-state index is 13.1. The van der Waals surface area contributed by atoms with Gasteiger partial charge in [0, 0.05) is 13.1 Å². The fourth-order valence-corrected chi connectivity index (χ4v) is 3.79. The highest BCUT2D eigenvalue weighted by atomic mass is 16.2. The summed E-state index contributed by atoms with van der Waals surface area (Å²) >= 11 is 0. The molecule has 0 spiro atoms. The number of rotatable bonds is 14. The number of hydrogen-bond acceptors (Lipinski definition) is 2. The van der Waals surface area contributed by atoms with E-state index in [0.29, 0.717) is 6.42 Å². The van der Waals surface area contributed by atoms with Crippen LogP contribution in [0.4, 0.5) is 0 Å². The third-order valence-electron chi connectivity index (χ3n) is 5.49. The van der Waals surface area contributed by atoms with Crippen LogP contribution in [0.15, 0.2) is 42.5 Å². The summed E-state index contributed by atoms with van der Waals surface area (Å²) in [5.74, 6) is 0.269. The minimum atomic E-state index is 0.269. The molecule has 0 unspecified atom stereocenters. The molecular formula is C25H38N2O. The SMILES string of the molecule is CCCCCCCN(CCCCCCN)C(=O)Cc1cccc2ccccc12. The average molecular weight is 383 g/mol. The molecule has 0 saturated carbocycles. The predicted molar refractivity (Wildman–Crippen MR) is 121 cm³/mol. The predicted octanol–water partition coefficient (Wildman–Crippen LogP) is 5.70. The molecule has 2 N–H and O–H groups in total. The third-order valence-corrected chi connectivity index (χ3v) is 5.49. The van der Waals surface area contributed by atoms with E-state index >= 15 is 0 Å². The van der Waals surface area contributed by atoms with Crippen LogP contribution < -0.4 is 5.73 Å². The topological polar surface area (TPSA) is 46.3 Å². The van der Waals surface area contributed by atoms with E-state index < -0.39 is 0 Å². The number of benzene rings is 2. The second-order valence-electron chi connectivity index (χ2n) is 7.81. The maximum absolute atomic E-state index is 13.1. The van der Waals surface area contributed by atoms with Crippen LogP contribution in [-0.2, 0) is 11.2 Å². The van der Waals surface area contributed by atoms with Crippen molar-refractivity contribution in [2.45, 2.75) is 71.1 Å². The Labute approximate surface area is 171 Å². The first-order valence-electron chi connectivity index (χ1n) is 11.2. The Morgan fingerprint density at radius 1 is 0.821 bits per heavy atom. The molecule has 0 saturated heterocycles. The number of nitrogens with zero attached hydrogens (tertiary/aromatic N) is 1. The van der Waals surface area contributed by atoms with Crippen LogP contribution in [-0.4, -0.2) is 30.4 Å². The first-order valence-corrected chi connectivity index (χ1v) is 11.2. The van der Waals surface area contributed by atoms with Gasteiger partial charge in [-0.3, -0.25) is 4.79 Å². The zero-order chi connectivity index (χ0) is 20.0. The van der Waals surface area contributed by atoms with Crippen molar-refractivity contribution < 1.29 is 4.79 Å². The van der Waals surface area contributed by atoms with Crippen LogP contribution in [0.3, 0.4) is 0 Å². The summed E-state index contributed by atoms with van der Waals surface area (Å²) in [5.41, 5.74) is 6.73. The molecule has 154 valence electrons. The molecule has 2 aromatic rings. The van der Waals surface area contributed by atoms with Crippen LogP contribution >= 0.6 is 0 Å². The van der Waals surface area contributed by atoms with E-state index in [4.69, 9.17) is 5.73 Å². The number of carbonyl (C=O) groups excluding carboxylic acids is 1. The summed E-state index contributed by atoms with van der Waals surface area (Å²) in [5, 5.41) is 2.41. The van der Waals surface area contributed by atoms with E-state index in [9.17, 15) is 4.79 Å². The standard InChI is InChI=1S/C25H38N2O/c1-2-3-4-6-11-19-27(20-12-7-5-10-18-26)25(28)21-23-16-13-15-22-14-8-9-17-24(22)23/h8-9,13-17H,2-7,10-12,18-21,26H2,1H3. The number of hydrogen-bond donors (Lipinski definition) is 1. The number of carbonyl (C=O) groups is 1. The Kier molecular flexibility index (Phi) is 10.7. The van der Waals surface area contributed by atoms with Gasteiger partial charge in [-0.05, 0) is 42.1 Å². The lowest BCUT2D eigenvalue weighted by molar-refractivity contribution is -0.130. The van der Waals surface area contributed by atoms with Gasteiger partial charge < -0.3 is 10.6 Å². The van der Waals surface area contributed by atoms with Gasteiger partial charge in [-0.15, -0.1) is 0 Å². The van der Waals surface area contributed by atoms with Gasteiger partial charge in [0.05, 0.1) is 6.42 Å². The van der Waals surface area contributed by atoms with Crippen LogP contribution in [0, 0.1) is 0 Å². The van der Waals surface area contributed by atoms with Crippen molar-refractivity contribution in [3.05, 3.63) is 48.0 Å². The second kappa shape index (κ2) is 13.3. The average Bonchev–Trinajstić information content (AvgIpc) is 2.72. The van der Waals surface area contributed by atoms with E-state index in [0.717, 1.165) is 50.9 Å². The fourth-order valence-electron chi connectivity index (χ4n) is 3.79. The lowest BCUT2D eigenvalue weighted by Crippen LogP contribution is -2.34. The van der Waals surface area contributed by atoms with Crippen LogP contribution in [0.1, 0.15) is 70.3 Å². The zero-order valence-electron chi connectivity index (χ0n) is 17.7. The van der Waals surface area contributed by atoms with Crippen molar-refractivity contribution in [3.8, 4) is 0 Å². The third kappa shape index (κ3) is 7.63. The van der Waals surface area contributed by atoms with Crippen LogP contribution in [0.2, 0.25) is 0 Å². The summed E-state index contributed by atoms with van der Waals surface area (Å²) in [6.07, 6.45) is 11.1. The summed E-state index contributed by atoms with van der Waals surface area (Å²) in [4.78, 5) is 15.2. The van der Waals surface area contributed by atoms with E-state index in [2.05, 4.69) is 54.3 Å². The molecule has 0 fully saturated rings. The molecule has 0 atom stereocenters. The minimum Gasteiger partial charge on any atom is -0.342 e. The van der Waals surface area contributed by atoms with Crippen molar-refractivity contribution in [2.75, 3.05) is 19.6 Å². The van der Waals surface area contributed by atoms with Crippen molar-refractivity contribution in [1.82, 2.24) is 4.90 Å². The monoisotopic (exact) mass is 382 g/mol. The van der Waals surface area contributed by atoms with Crippen LogP contribution in [0.25, 0.3) is 10.8 Å². The summed E-state index contributed by atoms with van der Waals surface area (Å²) in [6, 6.07) is 14.6. The Bertz CT molecular complexity index is 679. The van der Waals surface area contributed by atoms with Crippen LogP contribution in [0.5, 0.6) is 0 Å². The minimum absolute atomic E-state index is 0.269. The smallest absolute Gasteiger partial charge is 0.227 e. The summed E-state index contributed by atoms with van der Waals surface area (Å²) < 4.78 is 0. The molecule has 3 nitrogen and oxygen atoms in total. The van der Waals surface area contributed by atoms with Gasteiger partial charge >= 0.3 is 0 Å². The van der Waals surface area contributed by atoms with Gasteiger partial charge in [0.1, 0.15) is 0 Å². The molecule has 0 bridgehead atoms. The number of unbranched alkanes of at least 4 members (excludes halogenated alkanes) is 7. The maximum Gasteiger partial charge on any atom is 0.227 e. The van der Waals surface area contributed by atoms with Crippen molar-refractivity contribution in [1.29, 1.82) is 0 Å². The molecular weight excluding hydrogens is 344 g/mol. The van der Waals surface area contributed by atoms with Gasteiger partial charge in [0.2, 0.25) is 5.91 Å². The first-order chi connectivity index (χ1) is 13.8. The molecule has 0 aliphatic carbocycles. The Morgan fingerprint density at radius 2 is 1.46 bits per heavy atom. The largest absolute Gasteiger partial charge is 0.342 e. The summed E-state index contributed by atoms with van der Waals surface area (Å²) in [7, 11) is 0. The molecule has 2 rings (SSSR count). The van der Waals surface area contributed by atoms with Crippen molar-refractivity contribution in [2.24, 2.45) is 5.73 Å². The number of fused-ring (bicyclic) bond motifs is 1. The highest BCUT2D eigenvalue weighted by Crippen LogP contribution is 2.20. The van der Waals surface area contributed by atoms with Crippen molar-refractivity contribution in [3.63, 3.8) is 0 Å².